The number of hydrogen-bond donors (Lipinski definition) is 2. The molecule has 0 atom stereocenters. The van der Waals surface area contributed by atoms with Crippen molar-refractivity contribution in [3.63, 3.8) is 0 Å². The molecular formula is C14H15N3S3. The van der Waals surface area contributed by atoms with Crippen LogP contribution >= 0.6 is 35.3 Å². The molecule has 1 fully saturated rings. The molecule has 1 aromatic heterocycles. The molecule has 3 N–H and O–H groups in total. The summed E-state index contributed by atoms with van der Waals surface area (Å²) in [7, 11) is 0. The smallest absolute Gasteiger partial charge is 0.187 e. The van der Waals surface area contributed by atoms with E-state index < -0.39 is 0 Å². The minimum atomic E-state index is 0.413. The highest BCUT2D eigenvalue weighted by molar-refractivity contribution is 7.98. The van der Waals surface area contributed by atoms with E-state index in [1.165, 1.54) is 18.5 Å². The van der Waals surface area contributed by atoms with Gasteiger partial charge in [-0.25, -0.2) is 4.98 Å². The largest absolute Gasteiger partial charge is 0.389 e. The zero-order chi connectivity index (χ0) is 14.1. The van der Waals surface area contributed by atoms with E-state index in [-0.39, 0.29) is 0 Å². The first kappa shape index (κ1) is 13.9. The number of nitrogens with zero attached hydrogens (tertiary/aromatic N) is 1. The molecule has 0 saturated heterocycles. The van der Waals surface area contributed by atoms with Gasteiger partial charge in [0, 0.05) is 21.8 Å². The van der Waals surface area contributed by atoms with Gasteiger partial charge in [-0.3, -0.25) is 0 Å². The number of anilines is 2. The summed E-state index contributed by atoms with van der Waals surface area (Å²) in [6.45, 7) is 0. The molecule has 0 radical (unpaired) electrons. The van der Waals surface area contributed by atoms with E-state index in [0.29, 0.717) is 10.9 Å². The lowest BCUT2D eigenvalue weighted by Crippen LogP contribution is -2.13. The Labute approximate surface area is 132 Å². The monoisotopic (exact) mass is 321 g/mol. The molecule has 20 heavy (non-hydrogen) atoms. The lowest BCUT2D eigenvalue weighted by Gasteiger charge is -2.12. The van der Waals surface area contributed by atoms with Gasteiger partial charge in [0.05, 0.1) is 11.4 Å². The van der Waals surface area contributed by atoms with Gasteiger partial charge in [-0.15, -0.1) is 23.1 Å². The maximum Gasteiger partial charge on any atom is 0.187 e. The minimum absolute atomic E-state index is 0.413. The van der Waals surface area contributed by atoms with Crippen LogP contribution < -0.4 is 11.1 Å². The van der Waals surface area contributed by atoms with Crippen molar-refractivity contribution in [2.24, 2.45) is 5.73 Å². The van der Waals surface area contributed by atoms with Crippen LogP contribution in [-0.2, 0) is 0 Å². The second-order valence-corrected chi connectivity index (χ2v) is 6.87. The molecule has 3 nitrogen and oxygen atoms in total. The molecule has 1 aliphatic carbocycles. The van der Waals surface area contributed by atoms with Crippen molar-refractivity contribution in [2.45, 2.75) is 23.7 Å². The summed E-state index contributed by atoms with van der Waals surface area (Å²) in [5, 5.41) is 6.40. The van der Waals surface area contributed by atoms with Gasteiger partial charge in [0.2, 0.25) is 0 Å². The Morgan fingerprint density at radius 2 is 2.30 bits per heavy atom. The van der Waals surface area contributed by atoms with Crippen LogP contribution in [0, 0.1) is 0 Å². The van der Waals surface area contributed by atoms with Crippen LogP contribution in [-0.4, -0.2) is 16.2 Å². The van der Waals surface area contributed by atoms with E-state index in [1.807, 2.05) is 24.5 Å². The van der Waals surface area contributed by atoms with Crippen molar-refractivity contribution in [3.8, 4) is 0 Å². The maximum absolute atomic E-state index is 5.87. The van der Waals surface area contributed by atoms with Crippen molar-refractivity contribution < 1.29 is 0 Å². The topological polar surface area (TPSA) is 50.9 Å². The van der Waals surface area contributed by atoms with Gasteiger partial charge in [-0.1, -0.05) is 18.3 Å². The van der Waals surface area contributed by atoms with Gasteiger partial charge in [-0.05, 0) is 31.2 Å². The highest BCUT2D eigenvalue weighted by Gasteiger charge is 2.26. The molecule has 1 aliphatic rings. The van der Waals surface area contributed by atoms with Crippen molar-refractivity contribution in [1.29, 1.82) is 0 Å². The zero-order valence-electron chi connectivity index (χ0n) is 11.1. The van der Waals surface area contributed by atoms with Crippen LogP contribution in [0.4, 0.5) is 10.8 Å². The Bertz CT molecular complexity index is 647. The fourth-order valence-electron chi connectivity index (χ4n) is 2.08. The van der Waals surface area contributed by atoms with E-state index in [9.17, 15) is 0 Å². The first-order valence-electron chi connectivity index (χ1n) is 6.38. The quantitative estimate of drug-likeness (QED) is 0.641. The van der Waals surface area contributed by atoms with E-state index in [1.54, 1.807) is 23.1 Å². The van der Waals surface area contributed by atoms with E-state index in [4.69, 9.17) is 18.0 Å². The van der Waals surface area contributed by atoms with Crippen LogP contribution in [0.15, 0.2) is 28.5 Å². The third-order valence-electron chi connectivity index (χ3n) is 3.25. The molecule has 3 rings (SSSR count). The number of benzene rings is 1. The zero-order valence-corrected chi connectivity index (χ0v) is 13.5. The number of nitrogens with one attached hydrogen (secondary N) is 1. The van der Waals surface area contributed by atoms with Gasteiger partial charge < -0.3 is 11.1 Å². The number of aromatic nitrogens is 1. The minimum Gasteiger partial charge on any atom is -0.389 e. The molecule has 104 valence electrons. The third-order valence-corrected chi connectivity index (χ3v) is 5.01. The molecule has 0 aliphatic heterocycles. The van der Waals surface area contributed by atoms with Crippen LogP contribution in [0.5, 0.6) is 0 Å². The Balaban J connectivity index is 1.90. The average Bonchev–Trinajstić information content (AvgIpc) is 3.19. The Morgan fingerprint density at radius 1 is 1.50 bits per heavy atom. The van der Waals surface area contributed by atoms with Gasteiger partial charge in [0.1, 0.15) is 4.99 Å². The summed E-state index contributed by atoms with van der Waals surface area (Å²) < 4.78 is 0. The SMILES string of the molecule is CSc1cccc(Nc2nc(C3CC3)cs2)c1C(N)=S. The molecule has 0 amide bonds. The predicted octanol–water partition coefficient (Wildman–Crippen LogP) is 4.12. The van der Waals surface area contributed by atoms with Gasteiger partial charge in [0.15, 0.2) is 5.13 Å². The van der Waals surface area contributed by atoms with Gasteiger partial charge in [0.25, 0.3) is 0 Å². The number of nitrogens with two attached hydrogens (primary N) is 1. The van der Waals surface area contributed by atoms with Crippen molar-refractivity contribution in [3.05, 3.63) is 34.8 Å². The average molecular weight is 321 g/mol. The van der Waals surface area contributed by atoms with E-state index in [2.05, 4.69) is 15.7 Å². The first-order valence-corrected chi connectivity index (χ1v) is 8.89. The normalized spacial score (nSPS) is 14.2. The van der Waals surface area contributed by atoms with E-state index in [0.717, 1.165) is 21.3 Å². The summed E-state index contributed by atoms with van der Waals surface area (Å²) in [6, 6.07) is 6.03. The van der Waals surface area contributed by atoms with Crippen molar-refractivity contribution in [1.82, 2.24) is 4.98 Å². The molecular weight excluding hydrogens is 306 g/mol. The highest BCUT2D eigenvalue weighted by Crippen LogP contribution is 2.41. The lowest BCUT2D eigenvalue weighted by molar-refractivity contribution is 1.05. The molecule has 1 aromatic carbocycles. The fourth-order valence-corrected chi connectivity index (χ4v) is 3.81. The molecule has 0 spiro atoms. The lowest BCUT2D eigenvalue weighted by atomic mass is 10.2. The summed E-state index contributed by atoms with van der Waals surface area (Å²) in [5.41, 5.74) is 8.91. The van der Waals surface area contributed by atoms with Crippen molar-refractivity contribution >= 4 is 51.1 Å². The molecule has 1 saturated carbocycles. The summed E-state index contributed by atoms with van der Waals surface area (Å²) in [6.07, 6.45) is 4.56. The third kappa shape index (κ3) is 2.82. The number of rotatable bonds is 5. The highest BCUT2D eigenvalue weighted by atomic mass is 32.2. The second-order valence-electron chi connectivity index (χ2n) is 4.72. The Morgan fingerprint density at radius 3 is 2.95 bits per heavy atom. The molecule has 2 aromatic rings. The van der Waals surface area contributed by atoms with Crippen molar-refractivity contribution in [2.75, 3.05) is 11.6 Å². The van der Waals surface area contributed by atoms with E-state index >= 15 is 0 Å². The first-order chi connectivity index (χ1) is 9.69. The standard InChI is InChI=1S/C14H15N3S3/c1-19-11-4-2-3-9(12(11)13(15)18)16-14-17-10(7-20-14)8-5-6-8/h2-4,7-8H,5-6H2,1H3,(H2,15,18)(H,16,17). The van der Waals surface area contributed by atoms with Gasteiger partial charge in [-0.2, -0.15) is 0 Å². The number of thiazole rings is 1. The van der Waals surface area contributed by atoms with Crippen LogP contribution in [0.25, 0.3) is 0 Å². The predicted molar refractivity (Wildman–Crippen MR) is 91.5 cm³/mol. The molecule has 0 unspecified atom stereocenters. The Kier molecular flexibility index (Phi) is 3.96. The summed E-state index contributed by atoms with van der Waals surface area (Å²) in [4.78, 5) is 6.14. The molecule has 6 heteroatoms. The molecule has 1 heterocycles. The summed E-state index contributed by atoms with van der Waals surface area (Å²) >= 11 is 8.46. The van der Waals surface area contributed by atoms with Crippen LogP contribution in [0.2, 0.25) is 0 Å². The summed E-state index contributed by atoms with van der Waals surface area (Å²) in [5.74, 6) is 0.675. The second kappa shape index (κ2) is 5.71. The Hall–Kier alpha value is -1.11. The van der Waals surface area contributed by atoms with Gasteiger partial charge >= 0.3 is 0 Å². The number of thiocarbonyl (C=S) groups is 1. The fraction of sp³-hybridized carbons (Fsp3) is 0.286. The van der Waals surface area contributed by atoms with Crippen LogP contribution in [0.1, 0.15) is 30.0 Å². The molecule has 0 bridgehead atoms. The van der Waals surface area contributed by atoms with Crippen LogP contribution in [0.3, 0.4) is 0 Å². The maximum atomic E-state index is 5.87. The number of hydrogen-bond acceptors (Lipinski definition) is 5. The number of thioether (sulfide) groups is 1.